The first kappa shape index (κ1) is 17.0. The minimum Gasteiger partial charge on any atom is -0.444 e. The van der Waals surface area contributed by atoms with E-state index >= 15 is 0 Å². The Labute approximate surface area is 147 Å². The number of rotatable bonds is 3. The molecular weight excluding hydrogens is 322 g/mol. The Morgan fingerprint density at radius 2 is 2.17 bits per heavy atom. The molecule has 1 aromatic carbocycles. The van der Waals surface area contributed by atoms with Crippen LogP contribution >= 0.6 is 11.3 Å². The predicted molar refractivity (Wildman–Crippen MR) is 98.8 cm³/mol. The molecule has 1 saturated heterocycles. The van der Waals surface area contributed by atoms with Crippen molar-refractivity contribution in [1.82, 2.24) is 10.3 Å². The monoisotopic (exact) mass is 347 g/mol. The van der Waals surface area contributed by atoms with Gasteiger partial charge >= 0.3 is 6.09 Å². The van der Waals surface area contributed by atoms with Gasteiger partial charge in [-0.15, -0.1) is 0 Å². The minimum absolute atomic E-state index is 0.270. The summed E-state index contributed by atoms with van der Waals surface area (Å²) in [5.74, 6) is 0. The molecule has 1 aliphatic heterocycles. The number of piperidine rings is 1. The Bertz CT molecular complexity index is 675. The number of alkyl carbamates (subject to hydrolysis) is 1. The van der Waals surface area contributed by atoms with Crippen LogP contribution < -0.4 is 10.2 Å². The van der Waals surface area contributed by atoms with Crippen LogP contribution in [0.3, 0.4) is 0 Å². The lowest BCUT2D eigenvalue weighted by molar-refractivity contribution is 0.0523. The van der Waals surface area contributed by atoms with Crippen LogP contribution in [0.5, 0.6) is 0 Å². The van der Waals surface area contributed by atoms with Crippen LogP contribution in [0.4, 0.5) is 9.93 Å². The van der Waals surface area contributed by atoms with Crippen molar-refractivity contribution in [3.8, 4) is 0 Å². The molecule has 1 N–H and O–H groups in total. The zero-order chi connectivity index (χ0) is 17.2. The van der Waals surface area contributed by atoms with E-state index in [1.54, 1.807) is 11.3 Å². The first-order chi connectivity index (χ1) is 11.4. The number of fused-ring (bicyclic) bond motifs is 1. The van der Waals surface area contributed by atoms with Crippen LogP contribution in [-0.4, -0.2) is 35.8 Å². The molecule has 2 aromatic rings. The van der Waals surface area contributed by atoms with Crippen LogP contribution in [0.15, 0.2) is 24.3 Å². The number of nitrogens with zero attached hydrogens (tertiary/aromatic N) is 2. The van der Waals surface area contributed by atoms with E-state index in [0.29, 0.717) is 6.54 Å². The number of carbonyl (C=O) groups is 1. The lowest BCUT2D eigenvalue weighted by atomic mass is 10.0. The average molecular weight is 347 g/mol. The zero-order valence-corrected chi connectivity index (χ0v) is 15.4. The molecule has 0 spiro atoms. The van der Waals surface area contributed by atoms with Crippen molar-refractivity contribution < 1.29 is 9.53 Å². The van der Waals surface area contributed by atoms with E-state index in [1.165, 1.54) is 17.5 Å². The summed E-state index contributed by atoms with van der Waals surface area (Å²) in [6.07, 6.45) is 3.06. The third-order valence-corrected chi connectivity index (χ3v) is 5.11. The second-order valence-corrected chi connectivity index (χ2v) is 8.20. The summed E-state index contributed by atoms with van der Waals surface area (Å²) >= 11 is 1.72. The van der Waals surface area contributed by atoms with Gasteiger partial charge in [-0.05, 0) is 52.2 Å². The van der Waals surface area contributed by atoms with Gasteiger partial charge in [0.2, 0.25) is 0 Å². The third kappa shape index (κ3) is 4.17. The second kappa shape index (κ2) is 6.97. The molecule has 1 atom stereocenters. The number of amides is 1. The molecule has 6 heteroatoms. The number of hydrogen-bond donors (Lipinski definition) is 1. The SMILES string of the molecule is CC(C)(C)OC(=O)NC[C@H]1CCCCN1c1nc2ccccc2s1. The Morgan fingerprint density at radius 3 is 2.92 bits per heavy atom. The van der Waals surface area contributed by atoms with E-state index in [-0.39, 0.29) is 12.1 Å². The molecule has 1 fully saturated rings. The lowest BCUT2D eigenvalue weighted by Gasteiger charge is -2.35. The molecule has 130 valence electrons. The van der Waals surface area contributed by atoms with E-state index < -0.39 is 5.60 Å². The molecule has 0 aliphatic carbocycles. The first-order valence-corrected chi connectivity index (χ1v) is 9.33. The van der Waals surface area contributed by atoms with Gasteiger partial charge in [0.1, 0.15) is 5.60 Å². The lowest BCUT2D eigenvalue weighted by Crippen LogP contribution is -2.47. The first-order valence-electron chi connectivity index (χ1n) is 8.51. The van der Waals surface area contributed by atoms with Crippen molar-refractivity contribution in [3.63, 3.8) is 0 Å². The van der Waals surface area contributed by atoms with Crippen LogP contribution in [0.1, 0.15) is 40.0 Å². The molecule has 5 nitrogen and oxygen atoms in total. The van der Waals surface area contributed by atoms with Gasteiger partial charge in [-0.2, -0.15) is 0 Å². The summed E-state index contributed by atoms with van der Waals surface area (Å²) < 4.78 is 6.54. The maximum atomic E-state index is 11.9. The Morgan fingerprint density at radius 1 is 1.38 bits per heavy atom. The largest absolute Gasteiger partial charge is 0.444 e. The Kier molecular flexibility index (Phi) is 4.94. The fourth-order valence-electron chi connectivity index (χ4n) is 2.96. The van der Waals surface area contributed by atoms with Crippen LogP contribution in [0.25, 0.3) is 10.2 Å². The van der Waals surface area contributed by atoms with Crippen LogP contribution in [0, 0.1) is 0 Å². The molecular formula is C18H25N3O2S. The molecule has 1 amide bonds. The number of anilines is 1. The topological polar surface area (TPSA) is 54.5 Å². The number of aromatic nitrogens is 1. The number of para-hydroxylation sites is 1. The molecule has 0 bridgehead atoms. The standard InChI is InChI=1S/C18H25N3O2S/c1-18(2,3)23-17(22)19-12-13-8-6-7-11-21(13)16-20-14-9-4-5-10-15(14)24-16/h4-5,9-10,13H,6-8,11-12H2,1-3H3,(H,19,22)/t13-/m1/s1. The van der Waals surface area contributed by atoms with Crippen molar-refractivity contribution in [2.75, 3.05) is 18.0 Å². The number of hydrogen-bond acceptors (Lipinski definition) is 5. The van der Waals surface area contributed by atoms with Crippen LogP contribution in [-0.2, 0) is 4.74 Å². The van der Waals surface area contributed by atoms with E-state index in [9.17, 15) is 4.79 Å². The van der Waals surface area contributed by atoms with Gasteiger partial charge in [-0.25, -0.2) is 9.78 Å². The number of thiazole rings is 1. The van der Waals surface area contributed by atoms with Crippen molar-refractivity contribution >= 4 is 32.8 Å². The Hall–Kier alpha value is -1.82. The van der Waals surface area contributed by atoms with Gasteiger partial charge in [0, 0.05) is 19.1 Å². The van der Waals surface area contributed by atoms with Crippen molar-refractivity contribution in [3.05, 3.63) is 24.3 Å². The highest BCUT2D eigenvalue weighted by Gasteiger charge is 2.26. The van der Waals surface area contributed by atoms with Crippen molar-refractivity contribution in [2.24, 2.45) is 0 Å². The smallest absolute Gasteiger partial charge is 0.407 e. The summed E-state index contributed by atoms with van der Waals surface area (Å²) in [6, 6.07) is 8.49. The maximum absolute atomic E-state index is 11.9. The summed E-state index contributed by atoms with van der Waals surface area (Å²) in [6.45, 7) is 7.20. The van der Waals surface area contributed by atoms with Crippen molar-refractivity contribution in [1.29, 1.82) is 0 Å². The van der Waals surface area contributed by atoms with Gasteiger partial charge < -0.3 is 15.0 Å². The molecule has 0 radical (unpaired) electrons. The van der Waals surface area contributed by atoms with Gasteiger partial charge in [0.15, 0.2) is 5.13 Å². The molecule has 2 heterocycles. The van der Waals surface area contributed by atoms with Gasteiger partial charge in [-0.1, -0.05) is 23.5 Å². The zero-order valence-electron chi connectivity index (χ0n) is 14.5. The second-order valence-electron chi connectivity index (χ2n) is 7.19. The summed E-state index contributed by atoms with van der Waals surface area (Å²) in [5, 5.41) is 3.96. The molecule has 0 unspecified atom stereocenters. The van der Waals surface area contributed by atoms with Crippen molar-refractivity contribution in [2.45, 2.75) is 51.7 Å². The summed E-state index contributed by atoms with van der Waals surface area (Å²) in [5.41, 5.74) is 0.575. The highest BCUT2D eigenvalue weighted by Crippen LogP contribution is 2.32. The number of carbonyl (C=O) groups excluding carboxylic acids is 1. The summed E-state index contributed by atoms with van der Waals surface area (Å²) in [7, 11) is 0. The molecule has 0 saturated carbocycles. The predicted octanol–water partition coefficient (Wildman–Crippen LogP) is 4.18. The third-order valence-electron chi connectivity index (χ3n) is 4.04. The van der Waals surface area contributed by atoms with E-state index in [0.717, 1.165) is 23.6 Å². The van der Waals surface area contributed by atoms with Crippen LogP contribution in [0.2, 0.25) is 0 Å². The van der Waals surface area contributed by atoms with Gasteiger partial charge in [0.05, 0.1) is 10.2 Å². The van der Waals surface area contributed by atoms with E-state index in [1.807, 2.05) is 39.0 Å². The number of nitrogens with one attached hydrogen (secondary N) is 1. The molecule has 3 rings (SSSR count). The fraction of sp³-hybridized carbons (Fsp3) is 0.556. The number of ether oxygens (including phenoxy) is 1. The average Bonchev–Trinajstić information content (AvgIpc) is 2.95. The molecule has 24 heavy (non-hydrogen) atoms. The highest BCUT2D eigenvalue weighted by atomic mass is 32.1. The Balaban J connectivity index is 1.68. The minimum atomic E-state index is -0.469. The normalized spacial score (nSPS) is 18.6. The highest BCUT2D eigenvalue weighted by molar-refractivity contribution is 7.22. The fourth-order valence-corrected chi connectivity index (χ4v) is 4.03. The van der Waals surface area contributed by atoms with E-state index in [2.05, 4.69) is 16.3 Å². The summed E-state index contributed by atoms with van der Waals surface area (Å²) in [4.78, 5) is 19.0. The van der Waals surface area contributed by atoms with E-state index in [4.69, 9.17) is 9.72 Å². The number of benzene rings is 1. The van der Waals surface area contributed by atoms with Gasteiger partial charge in [0.25, 0.3) is 0 Å². The quantitative estimate of drug-likeness (QED) is 0.905. The maximum Gasteiger partial charge on any atom is 0.407 e. The van der Waals surface area contributed by atoms with Gasteiger partial charge in [-0.3, -0.25) is 0 Å². The molecule has 1 aliphatic rings. The molecule has 1 aromatic heterocycles.